The van der Waals surface area contributed by atoms with Crippen molar-refractivity contribution in [2.45, 2.75) is 37.8 Å². The third-order valence-corrected chi connectivity index (χ3v) is 3.40. The van der Waals surface area contributed by atoms with Crippen molar-refractivity contribution in [3.63, 3.8) is 0 Å². The van der Waals surface area contributed by atoms with Crippen LogP contribution in [0.1, 0.15) is 32.1 Å². The quantitative estimate of drug-likeness (QED) is 0.702. The zero-order valence-corrected chi connectivity index (χ0v) is 9.02. The van der Waals surface area contributed by atoms with Gasteiger partial charge in [0, 0.05) is 6.42 Å². The number of nitrogens with two attached hydrogens (primary N) is 1. The molecule has 1 spiro atoms. The second-order valence-corrected chi connectivity index (χ2v) is 4.27. The van der Waals surface area contributed by atoms with E-state index in [0.29, 0.717) is 6.54 Å². The summed E-state index contributed by atoms with van der Waals surface area (Å²) in [6, 6.07) is 0. The minimum atomic E-state index is 0. The second kappa shape index (κ2) is 3.88. The Labute approximate surface area is 91.0 Å². The molecule has 1 fully saturated rings. The predicted molar refractivity (Wildman–Crippen MR) is 58.2 cm³/mol. The van der Waals surface area contributed by atoms with Gasteiger partial charge >= 0.3 is 0 Å². The van der Waals surface area contributed by atoms with Gasteiger partial charge in [0.1, 0.15) is 0 Å². The molecule has 0 saturated heterocycles. The van der Waals surface area contributed by atoms with Crippen LogP contribution in [0.5, 0.6) is 0 Å². The van der Waals surface area contributed by atoms with Crippen LogP contribution in [-0.4, -0.2) is 12.2 Å². The van der Waals surface area contributed by atoms with Gasteiger partial charge in [-0.1, -0.05) is 0 Å². The monoisotopic (exact) mass is 213 g/mol. The highest BCUT2D eigenvalue weighted by Gasteiger charge is 2.47. The number of nitrogens with zero attached hydrogens (tertiary/aromatic N) is 2. The molecule has 2 N–H and O–H groups in total. The van der Waals surface area contributed by atoms with Crippen LogP contribution in [0.25, 0.3) is 0 Å². The highest BCUT2D eigenvalue weighted by molar-refractivity contribution is 5.85. The lowest BCUT2D eigenvalue weighted by Gasteiger charge is -2.36. The molecule has 0 unspecified atom stereocenters. The van der Waals surface area contributed by atoms with Crippen LogP contribution in [0.3, 0.4) is 0 Å². The first-order valence-corrected chi connectivity index (χ1v) is 4.82. The van der Waals surface area contributed by atoms with Gasteiger partial charge in [0.05, 0.1) is 0 Å². The molecule has 1 heterocycles. The van der Waals surface area contributed by atoms with Gasteiger partial charge < -0.3 is 5.73 Å². The highest BCUT2D eigenvalue weighted by Crippen LogP contribution is 2.49. The molecule has 0 amide bonds. The lowest BCUT2D eigenvalue weighted by molar-refractivity contribution is 0.174. The van der Waals surface area contributed by atoms with Crippen molar-refractivity contribution in [3.8, 4) is 12.3 Å². The predicted octanol–water partition coefficient (Wildman–Crippen LogP) is 2.11. The minimum absolute atomic E-state index is 0. The molecule has 78 valence electrons. The van der Waals surface area contributed by atoms with E-state index in [-0.39, 0.29) is 23.5 Å². The first kappa shape index (κ1) is 11.5. The molecule has 1 saturated carbocycles. The van der Waals surface area contributed by atoms with E-state index in [1.165, 1.54) is 0 Å². The fraction of sp³-hybridized carbons (Fsp3) is 0.800. The SMILES string of the molecule is C#CCC1(CN)CCC2(CC1)N=N2.Cl. The fourth-order valence-electron chi connectivity index (χ4n) is 2.12. The molecule has 0 radical (unpaired) electrons. The second-order valence-electron chi connectivity index (χ2n) is 4.27. The molecule has 1 aliphatic carbocycles. The molecule has 4 heteroatoms. The maximum atomic E-state index is 5.78. The van der Waals surface area contributed by atoms with E-state index in [1.54, 1.807) is 0 Å². The number of hydrogen-bond donors (Lipinski definition) is 1. The van der Waals surface area contributed by atoms with Crippen molar-refractivity contribution >= 4 is 12.4 Å². The molecule has 0 atom stereocenters. The lowest BCUT2D eigenvalue weighted by atomic mass is 9.69. The van der Waals surface area contributed by atoms with Crippen molar-refractivity contribution in [2.75, 3.05) is 6.54 Å². The van der Waals surface area contributed by atoms with E-state index in [9.17, 15) is 0 Å². The Kier molecular flexibility index (Phi) is 3.18. The zero-order valence-electron chi connectivity index (χ0n) is 8.20. The standard InChI is InChI=1S/C10H15N3.ClH/c1-2-3-9(8-11)4-6-10(7-5-9)12-13-10;/h1H,3-8,11H2;1H. The molecule has 2 rings (SSSR count). The Morgan fingerprint density at radius 2 is 1.79 bits per heavy atom. The smallest absolute Gasteiger partial charge is 0.191 e. The van der Waals surface area contributed by atoms with Crippen molar-refractivity contribution < 1.29 is 0 Å². The van der Waals surface area contributed by atoms with E-state index in [1.807, 2.05) is 0 Å². The minimum Gasteiger partial charge on any atom is -0.330 e. The van der Waals surface area contributed by atoms with Crippen LogP contribution in [0.15, 0.2) is 10.2 Å². The third kappa shape index (κ3) is 1.92. The summed E-state index contributed by atoms with van der Waals surface area (Å²) in [5.74, 6) is 2.74. The number of rotatable bonds is 2. The van der Waals surface area contributed by atoms with Gasteiger partial charge in [0.15, 0.2) is 5.66 Å². The van der Waals surface area contributed by atoms with E-state index >= 15 is 0 Å². The van der Waals surface area contributed by atoms with Crippen molar-refractivity contribution in [1.29, 1.82) is 0 Å². The largest absolute Gasteiger partial charge is 0.330 e. The molecule has 0 aromatic rings. The van der Waals surface area contributed by atoms with E-state index in [0.717, 1.165) is 32.1 Å². The number of halogens is 1. The van der Waals surface area contributed by atoms with Crippen LogP contribution in [0.4, 0.5) is 0 Å². The number of hydrogen-bond acceptors (Lipinski definition) is 3. The molecule has 1 aliphatic heterocycles. The molecular weight excluding hydrogens is 198 g/mol. The average Bonchev–Trinajstić information content (AvgIpc) is 2.91. The summed E-state index contributed by atoms with van der Waals surface area (Å²) in [4.78, 5) is 0. The number of terminal acetylenes is 1. The summed E-state index contributed by atoms with van der Waals surface area (Å²) in [5.41, 5.74) is 5.97. The third-order valence-electron chi connectivity index (χ3n) is 3.40. The molecule has 2 aliphatic rings. The summed E-state index contributed by atoms with van der Waals surface area (Å²) >= 11 is 0. The Morgan fingerprint density at radius 1 is 1.21 bits per heavy atom. The first-order chi connectivity index (χ1) is 6.24. The lowest BCUT2D eigenvalue weighted by Crippen LogP contribution is -2.37. The average molecular weight is 214 g/mol. The normalized spacial score (nSPS) is 25.1. The van der Waals surface area contributed by atoms with Gasteiger partial charge in [-0.2, -0.15) is 10.2 Å². The summed E-state index contributed by atoms with van der Waals surface area (Å²) in [5, 5.41) is 8.17. The zero-order chi connectivity index (χ0) is 9.36. The Bertz CT molecular complexity index is 264. The van der Waals surface area contributed by atoms with Crippen molar-refractivity contribution in [3.05, 3.63) is 0 Å². The van der Waals surface area contributed by atoms with E-state index in [2.05, 4.69) is 16.1 Å². The van der Waals surface area contributed by atoms with Gasteiger partial charge in [-0.25, -0.2) is 0 Å². The molecule has 0 aromatic heterocycles. The maximum Gasteiger partial charge on any atom is 0.191 e. The van der Waals surface area contributed by atoms with E-state index < -0.39 is 0 Å². The van der Waals surface area contributed by atoms with Gasteiger partial charge in [0.25, 0.3) is 0 Å². The molecule has 3 nitrogen and oxygen atoms in total. The van der Waals surface area contributed by atoms with Crippen LogP contribution < -0.4 is 5.73 Å². The topological polar surface area (TPSA) is 50.7 Å². The summed E-state index contributed by atoms with van der Waals surface area (Å²) in [6.07, 6.45) is 10.4. The van der Waals surface area contributed by atoms with Crippen LogP contribution in [0, 0.1) is 17.8 Å². The van der Waals surface area contributed by atoms with Crippen molar-refractivity contribution in [1.82, 2.24) is 0 Å². The van der Waals surface area contributed by atoms with E-state index in [4.69, 9.17) is 12.2 Å². The van der Waals surface area contributed by atoms with Gasteiger partial charge in [-0.3, -0.25) is 0 Å². The van der Waals surface area contributed by atoms with Crippen LogP contribution in [-0.2, 0) is 0 Å². The Morgan fingerprint density at radius 3 is 2.14 bits per heavy atom. The maximum absolute atomic E-state index is 5.78. The first-order valence-electron chi connectivity index (χ1n) is 4.82. The Hall–Kier alpha value is -0.590. The van der Waals surface area contributed by atoms with Crippen LogP contribution in [0.2, 0.25) is 0 Å². The van der Waals surface area contributed by atoms with Gasteiger partial charge in [-0.05, 0) is 37.6 Å². The molecule has 0 aromatic carbocycles. The molecular formula is C10H16ClN3. The van der Waals surface area contributed by atoms with Crippen LogP contribution >= 0.6 is 12.4 Å². The molecule has 14 heavy (non-hydrogen) atoms. The van der Waals surface area contributed by atoms with Gasteiger partial charge in [0.2, 0.25) is 0 Å². The molecule has 0 bridgehead atoms. The summed E-state index contributed by atoms with van der Waals surface area (Å²) in [7, 11) is 0. The van der Waals surface area contributed by atoms with Crippen molar-refractivity contribution in [2.24, 2.45) is 21.4 Å². The Balaban J connectivity index is 0.000000980. The summed E-state index contributed by atoms with van der Waals surface area (Å²) in [6.45, 7) is 0.702. The van der Waals surface area contributed by atoms with Gasteiger partial charge in [-0.15, -0.1) is 24.8 Å². The summed E-state index contributed by atoms with van der Waals surface area (Å²) < 4.78 is 0. The highest BCUT2D eigenvalue weighted by atomic mass is 35.5. The fourth-order valence-corrected chi connectivity index (χ4v) is 2.12.